The fraction of sp³-hybridized carbons (Fsp3) is 0.727. The van der Waals surface area contributed by atoms with Gasteiger partial charge in [0.05, 0.1) is 6.10 Å². The number of aliphatic hydroxyl groups excluding tert-OH is 1. The van der Waals surface area contributed by atoms with Gasteiger partial charge in [-0.05, 0) is 57.4 Å². The predicted molar refractivity (Wildman–Crippen MR) is 104 cm³/mol. The number of hydrogen-bond donors (Lipinski definition) is 1. The van der Waals surface area contributed by atoms with Crippen LogP contribution in [0.5, 0.6) is 0 Å². The predicted octanol–water partition coefficient (Wildman–Crippen LogP) is 5.64. The van der Waals surface area contributed by atoms with Crippen molar-refractivity contribution in [1.82, 2.24) is 5.06 Å². The number of nitrogens with zero attached hydrogens (tertiary/aromatic N) is 1. The van der Waals surface area contributed by atoms with Crippen LogP contribution < -0.4 is 0 Å². The maximum atomic E-state index is 10.6. The summed E-state index contributed by atoms with van der Waals surface area (Å²) in [6.45, 7) is 11.1. The van der Waals surface area contributed by atoms with Crippen LogP contribution in [0.15, 0.2) is 30.3 Å². The van der Waals surface area contributed by atoms with Gasteiger partial charge < -0.3 is 5.11 Å². The Labute approximate surface area is 154 Å². The molecule has 3 nitrogen and oxygen atoms in total. The Morgan fingerprint density at radius 1 is 1.04 bits per heavy atom. The van der Waals surface area contributed by atoms with Crippen molar-refractivity contribution >= 4 is 0 Å². The van der Waals surface area contributed by atoms with Gasteiger partial charge in [0.2, 0.25) is 0 Å². The zero-order chi connectivity index (χ0) is 18.5. The third-order valence-electron chi connectivity index (χ3n) is 6.59. The molecule has 3 heteroatoms. The first-order chi connectivity index (χ1) is 12.0. The number of aliphatic hydroxyl groups is 1. The third kappa shape index (κ3) is 4.10. The first kappa shape index (κ1) is 20.4. The van der Waals surface area contributed by atoms with Gasteiger partial charge in [0.15, 0.2) is 0 Å². The molecular weight excluding hydrogens is 310 g/mol. The Balaban J connectivity index is 2.43. The number of hydroxylamine groups is 2. The van der Waals surface area contributed by atoms with E-state index in [1.54, 1.807) is 0 Å². The molecule has 1 aliphatic heterocycles. The Morgan fingerprint density at radius 3 is 2.12 bits per heavy atom. The average molecular weight is 348 g/mol. The van der Waals surface area contributed by atoms with Gasteiger partial charge in [0, 0.05) is 11.1 Å². The molecule has 2 rings (SSSR count). The second kappa shape index (κ2) is 8.66. The van der Waals surface area contributed by atoms with Crippen LogP contribution in [0.4, 0.5) is 0 Å². The molecule has 1 saturated heterocycles. The van der Waals surface area contributed by atoms with Crippen LogP contribution in [-0.2, 0) is 4.84 Å². The van der Waals surface area contributed by atoms with E-state index in [-0.39, 0.29) is 23.3 Å². The monoisotopic (exact) mass is 347 g/mol. The summed E-state index contributed by atoms with van der Waals surface area (Å²) in [4.78, 5) is 6.72. The zero-order valence-corrected chi connectivity index (χ0v) is 16.8. The van der Waals surface area contributed by atoms with Gasteiger partial charge in [0.25, 0.3) is 0 Å². The van der Waals surface area contributed by atoms with Crippen LogP contribution in [0.2, 0.25) is 0 Å². The lowest BCUT2D eigenvalue weighted by Crippen LogP contribution is -2.59. The SMILES string of the molecule is CCC1(CC)CCC(O)CC(CC)(CC)N1OC(C)c1ccccc1. The third-order valence-corrected chi connectivity index (χ3v) is 6.59. The van der Waals surface area contributed by atoms with Crippen molar-refractivity contribution in [2.75, 3.05) is 0 Å². The van der Waals surface area contributed by atoms with E-state index in [0.717, 1.165) is 44.9 Å². The minimum atomic E-state index is -0.238. The number of rotatable bonds is 7. The minimum Gasteiger partial charge on any atom is -0.393 e. The molecule has 0 amide bonds. The van der Waals surface area contributed by atoms with Crippen LogP contribution in [0.1, 0.15) is 91.2 Å². The molecule has 0 saturated carbocycles. The molecule has 1 aromatic rings. The summed E-state index contributed by atoms with van der Waals surface area (Å²) in [5.74, 6) is 0. The molecule has 0 spiro atoms. The molecule has 1 fully saturated rings. The summed E-state index contributed by atoms with van der Waals surface area (Å²) in [5.41, 5.74) is 1.09. The lowest BCUT2D eigenvalue weighted by Gasteiger charge is -2.52. The molecule has 25 heavy (non-hydrogen) atoms. The van der Waals surface area contributed by atoms with E-state index in [9.17, 15) is 5.11 Å². The van der Waals surface area contributed by atoms with Gasteiger partial charge in [-0.15, -0.1) is 0 Å². The Morgan fingerprint density at radius 2 is 1.60 bits per heavy atom. The summed E-state index contributed by atoms with van der Waals surface area (Å²) >= 11 is 0. The highest BCUT2D eigenvalue weighted by Gasteiger charge is 2.50. The van der Waals surface area contributed by atoms with Gasteiger partial charge in [-0.3, -0.25) is 4.84 Å². The highest BCUT2D eigenvalue weighted by molar-refractivity contribution is 5.17. The normalized spacial score (nSPS) is 24.6. The maximum Gasteiger partial charge on any atom is 0.102 e. The lowest BCUT2D eigenvalue weighted by atomic mass is 9.82. The molecule has 0 bridgehead atoms. The lowest BCUT2D eigenvalue weighted by molar-refractivity contribution is -0.308. The Kier molecular flexibility index (Phi) is 7.07. The second-order valence-electron chi connectivity index (χ2n) is 7.71. The van der Waals surface area contributed by atoms with Crippen LogP contribution in [0, 0.1) is 0 Å². The molecule has 0 radical (unpaired) electrons. The van der Waals surface area contributed by atoms with Crippen molar-refractivity contribution in [3.05, 3.63) is 35.9 Å². The van der Waals surface area contributed by atoms with Crippen LogP contribution in [-0.4, -0.2) is 27.4 Å². The van der Waals surface area contributed by atoms with E-state index in [2.05, 4.69) is 63.9 Å². The summed E-state index contributed by atoms with van der Waals surface area (Å²) < 4.78 is 0. The largest absolute Gasteiger partial charge is 0.393 e. The van der Waals surface area contributed by atoms with Crippen molar-refractivity contribution in [2.24, 2.45) is 0 Å². The van der Waals surface area contributed by atoms with E-state index in [4.69, 9.17) is 4.84 Å². The highest BCUT2D eigenvalue weighted by atomic mass is 16.7. The van der Waals surface area contributed by atoms with E-state index >= 15 is 0 Å². The van der Waals surface area contributed by atoms with Crippen molar-refractivity contribution in [3.63, 3.8) is 0 Å². The standard InChI is InChI=1S/C22H37NO2/c1-6-21(7-2)16-15-20(24)17-22(8-3,9-4)23(21)25-18(5)19-13-11-10-12-14-19/h10-14,18,20,24H,6-9,15-17H2,1-5H3. The fourth-order valence-electron chi connectivity index (χ4n) is 4.55. The molecular formula is C22H37NO2. The van der Waals surface area contributed by atoms with Crippen molar-refractivity contribution < 1.29 is 9.94 Å². The molecule has 2 atom stereocenters. The second-order valence-corrected chi connectivity index (χ2v) is 7.71. The molecule has 1 N–H and O–H groups in total. The Bertz CT molecular complexity index is 508. The smallest absolute Gasteiger partial charge is 0.102 e. The molecule has 1 heterocycles. The highest BCUT2D eigenvalue weighted by Crippen LogP contribution is 2.46. The molecule has 142 valence electrons. The van der Waals surface area contributed by atoms with Crippen molar-refractivity contribution in [1.29, 1.82) is 0 Å². The zero-order valence-electron chi connectivity index (χ0n) is 16.8. The summed E-state index contributed by atoms with van der Waals surface area (Å²) in [5, 5.41) is 12.9. The van der Waals surface area contributed by atoms with E-state index in [0.29, 0.717) is 0 Å². The summed E-state index contributed by atoms with van der Waals surface area (Å²) in [6.07, 6.45) is 6.48. The summed E-state index contributed by atoms with van der Waals surface area (Å²) in [6, 6.07) is 10.5. The van der Waals surface area contributed by atoms with Gasteiger partial charge in [-0.25, -0.2) is 0 Å². The molecule has 1 aromatic carbocycles. The van der Waals surface area contributed by atoms with Gasteiger partial charge in [0.1, 0.15) is 6.10 Å². The van der Waals surface area contributed by atoms with Gasteiger partial charge in [-0.1, -0.05) is 58.0 Å². The first-order valence-corrected chi connectivity index (χ1v) is 10.2. The fourth-order valence-corrected chi connectivity index (χ4v) is 4.55. The molecule has 1 aliphatic rings. The van der Waals surface area contributed by atoms with Crippen molar-refractivity contribution in [2.45, 2.75) is 103 Å². The summed E-state index contributed by atoms with van der Waals surface area (Å²) in [7, 11) is 0. The molecule has 2 unspecified atom stereocenters. The van der Waals surface area contributed by atoms with E-state index in [1.165, 1.54) is 5.56 Å². The van der Waals surface area contributed by atoms with Crippen LogP contribution in [0.3, 0.4) is 0 Å². The van der Waals surface area contributed by atoms with E-state index < -0.39 is 0 Å². The number of benzene rings is 1. The van der Waals surface area contributed by atoms with Crippen LogP contribution in [0.25, 0.3) is 0 Å². The van der Waals surface area contributed by atoms with Crippen LogP contribution >= 0.6 is 0 Å². The average Bonchev–Trinajstić information content (AvgIpc) is 2.78. The maximum absolute atomic E-state index is 10.6. The molecule has 0 aromatic heterocycles. The quantitative estimate of drug-likeness (QED) is 0.692. The molecule has 0 aliphatic carbocycles. The van der Waals surface area contributed by atoms with E-state index in [1.807, 2.05) is 6.07 Å². The number of hydrogen-bond acceptors (Lipinski definition) is 3. The van der Waals surface area contributed by atoms with Gasteiger partial charge in [-0.2, -0.15) is 5.06 Å². The Hall–Kier alpha value is -0.900. The topological polar surface area (TPSA) is 32.7 Å². The first-order valence-electron chi connectivity index (χ1n) is 10.2. The van der Waals surface area contributed by atoms with Crippen molar-refractivity contribution in [3.8, 4) is 0 Å². The van der Waals surface area contributed by atoms with Gasteiger partial charge >= 0.3 is 0 Å². The minimum absolute atomic E-state index is 0.00592.